The number of unbranched alkanes of at least 4 members (excludes halogenated alkanes) is 2. The maximum Gasteiger partial charge on any atom is 0.0406 e. The van der Waals surface area contributed by atoms with Gasteiger partial charge in [-0.1, -0.05) is 67.8 Å². The van der Waals surface area contributed by atoms with Gasteiger partial charge in [-0.05, 0) is 54.5 Å². The van der Waals surface area contributed by atoms with E-state index in [0.29, 0.717) is 0 Å². The summed E-state index contributed by atoms with van der Waals surface area (Å²) < 4.78 is 0. The highest BCUT2D eigenvalue weighted by molar-refractivity contribution is 6.30. The van der Waals surface area contributed by atoms with E-state index in [1.807, 2.05) is 12.1 Å². The lowest BCUT2D eigenvalue weighted by Crippen LogP contribution is -1.92. The fourth-order valence-corrected chi connectivity index (χ4v) is 2.52. The zero-order valence-electron chi connectivity index (χ0n) is 12.2. The topological polar surface area (TPSA) is 0 Å². The van der Waals surface area contributed by atoms with Crippen molar-refractivity contribution in [2.45, 2.75) is 45.4 Å². The van der Waals surface area contributed by atoms with Crippen LogP contribution in [0.5, 0.6) is 0 Å². The molecule has 0 amide bonds. The lowest BCUT2D eigenvalue weighted by atomic mass is 10.0. The molecule has 0 fully saturated rings. The molecule has 2 aromatic rings. The van der Waals surface area contributed by atoms with Gasteiger partial charge in [0.05, 0.1) is 0 Å². The molecular formula is C19H23Cl. The molecule has 2 aromatic carbocycles. The van der Waals surface area contributed by atoms with E-state index < -0.39 is 0 Å². The highest BCUT2D eigenvalue weighted by Gasteiger charge is 1.98. The van der Waals surface area contributed by atoms with Crippen LogP contribution in [0, 0.1) is 0 Å². The first-order valence-electron chi connectivity index (χ1n) is 7.60. The van der Waals surface area contributed by atoms with Gasteiger partial charge in [-0.2, -0.15) is 0 Å². The van der Waals surface area contributed by atoms with Crippen molar-refractivity contribution in [3.05, 3.63) is 70.2 Å². The molecule has 0 aliphatic carbocycles. The van der Waals surface area contributed by atoms with Crippen molar-refractivity contribution in [1.29, 1.82) is 0 Å². The molecule has 0 aliphatic heterocycles. The zero-order valence-corrected chi connectivity index (χ0v) is 13.0. The normalized spacial score (nSPS) is 10.7. The summed E-state index contributed by atoms with van der Waals surface area (Å²) in [5.41, 5.74) is 4.23. The molecule has 0 heterocycles. The highest BCUT2D eigenvalue weighted by atomic mass is 35.5. The standard InChI is InChI=1S/C19H23Cl/c1-2-3-4-5-16-6-8-17(9-7-16)10-11-18-12-14-19(20)15-13-18/h6-9,12-15H,2-5,10-11H2,1H3. The average molecular weight is 287 g/mol. The summed E-state index contributed by atoms with van der Waals surface area (Å²) in [5, 5.41) is 0.810. The van der Waals surface area contributed by atoms with Crippen molar-refractivity contribution < 1.29 is 0 Å². The fraction of sp³-hybridized carbons (Fsp3) is 0.368. The lowest BCUT2D eigenvalue weighted by molar-refractivity contribution is 0.717. The second-order valence-corrected chi connectivity index (χ2v) is 5.84. The van der Waals surface area contributed by atoms with E-state index in [1.165, 1.54) is 42.4 Å². The Labute approximate surface area is 127 Å². The van der Waals surface area contributed by atoms with Crippen molar-refractivity contribution in [3.8, 4) is 0 Å². The molecule has 106 valence electrons. The van der Waals surface area contributed by atoms with Crippen LogP contribution in [0.3, 0.4) is 0 Å². The SMILES string of the molecule is CCCCCc1ccc(CCc2ccc(Cl)cc2)cc1. The highest BCUT2D eigenvalue weighted by Crippen LogP contribution is 2.13. The van der Waals surface area contributed by atoms with E-state index in [0.717, 1.165) is 17.9 Å². The van der Waals surface area contributed by atoms with Gasteiger partial charge in [0.2, 0.25) is 0 Å². The number of benzene rings is 2. The van der Waals surface area contributed by atoms with Gasteiger partial charge in [0.1, 0.15) is 0 Å². The van der Waals surface area contributed by atoms with Gasteiger partial charge in [0.15, 0.2) is 0 Å². The predicted octanol–water partition coefficient (Wildman–Crippen LogP) is 5.86. The Bertz CT molecular complexity index is 496. The van der Waals surface area contributed by atoms with E-state index in [1.54, 1.807) is 0 Å². The van der Waals surface area contributed by atoms with Crippen molar-refractivity contribution in [1.82, 2.24) is 0 Å². The van der Waals surface area contributed by atoms with Gasteiger partial charge in [-0.3, -0.25) is 0 Å². The molecular weight excluding hydrogens is 264 g/mol. The van der Waals surface area contributed by atoms with E-state index in [2.05, 4.69) is 43.3 Å². The van der Waals surface area contributed by atoms with Crippen LogP contribution < -0.4 is 0 Å². The molecule has 2 rings (SSSR count). The van der Waals surface area contributed by atoms with Gasteiger partial charge in [-0.25, -0.2) is 0 Å². The van der Waals surface area contributed by atoms with Crippen LogP contribution in [0.1, 0.15) is 42.9 Å². The van der Waals surface area contributed by atoms with Crippen molar-refractivity contribution in [3.63, 3.8) is 0 Å². The Morgan fingerprint density at radius 2 is 1.10 bits per heavy atom. The third kappa shape index (κ3) is 5.02. The third-order valence-electron chi connectivity index (χ3n) is 3.71. The Balaban J connectivity index is 1.82. The second kappa shape index (κ2) is 8.11. The van der Waals surface area contributed by atoms with Crippen molar-refractivity contribution >= 4 is 11.6 Å². The van der Waals surface area contributed by atoms with Crippen molar-refractivity contribution in [2.75, 3.05) is 0 Å². The first-order valence-corrected chi connectivity index (χ1v) is 7.98. The number of hydrogen-bond acceptors (Lipinski definition) is 0. The zero-order chi connectivity index (χ0) is 14.2. The molecule has 0 N–H and O–H groups in total. The van der Waals surface area contributed by atoms with E-state index in [9.17, 15) is 0 Å². The molecule has 0 aromatic heterocycles. The molecule has 1 heteroatoms. The molecule has 0 saturated heterocycles. The van der Waals surface area contributed by atoms with Crippen LogP contribution in [-0.4, -0.2) is 0 Å². The molecule has 0 bridgehead atoms. The summed E-state index contributed by atoms with van der Waals surface area (Å²) >= 11 is 5.90. The molecule has 0 unspecified atom stereocenters. The maximum absolute atomic E-state index is 5.90. The number of rotatable bonds is 7. The summed E-state index contributed by atoms with van der Waals surface area (Å²) in [7, 11) is 0. The van der Waals surface area contributed by atoms with Crippen molar-refractivity contribution in [2.24, 2.45) is 0 Å². The quantitative estimate of drug-likeness (QED) is 0.559. The van der Waals surface area contributed by atoms with Gasteiger partial charge in [0.25, 0.3) is 0 Å². The number of halogens is 1. The molecule has 0 aliphatic rings. The largest absolute Gasteiger partial charge is 0.0843 e. The first-order chi connectivity index (χ1) is 9.78. The van der Waals surface area contributed by atoms with E-state index in [-0.39, 0.29) is 0 Å². The molecule has 20 heavy (non-hydrogen) atoms. The van der Waals surface area contributed by atoms with Gasteiger partial charge >= 0.3 is 0 Å². The summed E-state index contributed by atoms with van der Waals surface area (Å²) in [4.78, 5) is 0. The van der Waals surface area contributed by atoms with Crippen LogP contribution in [0.15, 0.2) is 48.5 Å². The molecule has 0 radical (unpaired) electrons. The van der Waals surface area contributed by atoms with Crippen LogP contribution in [0.2, 0.25) is 5.02 Å². The van der Waals surface area contributed by atoms with Crippen LogP contribution in [0.25, 0.3) is 0 Å². The Hall–Kier alpha value is -1.27. The van der Waals surface area contributed by atoms with Gasteiger partial charge in [0, 0.05) is 5.02 Å². The predicted molar refractivity (Wildman–Crippen MR) is 88.5 cm³/mol. The van der Waals surface area contributed by atoms with Crippen LogP contribution in [0.4, 0.5) is 0 Å². The molecule has 0 atom stereocenters. The second-order valence-electron chi connectivity index (χ2n) is 5.40. The van der Waals surface area contributed by atoms with Gasteiger partial charge in [-0.15, -0.1) is 0 Å². The number of aryl methyl sites for hydroxylation is 3. The van der Waals surface area contributed by atoms with E-state index in [4.69, 9.17) is 11.6 Å². The summed E-state index contributed by atoms with van der Waals surface area (Å²) in [6, 6.07) is 17.3. The van der Waals surface area contributed by atoms with Gasteiger partial charge < -0.3 is 0 Å². The first kappa shape index (κ1) is 15.1. The summed E-state index contributed by atoms with van der Waals surface area (Å²) in [5.74, 6) is 0. The third-order valence-corrected chi connectivity index (χ3v) is 3.96. The Morgan fingerprint density at radius 1 is 0.650 bits per heavy atom. The minimum atomic E-state index is 0.810. The minimum absolute atomic E-state index is 0.810. The monoisotopic (exact) mass is 286 g/mol. The van der Waals surface area contributed by atoms with E-state index >= 15 is 0 Å². The smallest absolute Gasteiger partial charge is 0.0406 e. The molecule has 0 spiro atoms. The average Bonchev–Trinajstić information content (AvgIpc) is 2.48. The Kier molecular flexibility index (Phi) is 6.14. The van der Waals surface area contributed by atoms with Crippen LogP contribution in [-0.2, 0) is 19.3 Å². The minimum Gasteiger partial charge on any atom is -0.0843 e. The fourth-order valence-electron chi connectivity index (χ4n) is 2.39. The molecule has 0 nitrogen and oxygen atoms in total. The molecule has 0 saturated carbocycles. The summed E-state index contributed by atoms with van der Waals surface area (Å²) in [6.07, 6.45) is 7.31. The number of hydrogen-bond donors (Lipinski definition) is 0. The Morgan fingerprint density at radius 3 is 1.60 bits per heavy atom. The maximum atomic E-state index is 5.90. The lowest BCUT2D eigenvalue weighted by Gasteiger charge is -2.05. The summed E-state index contributed by atoms with van der Waals surface area (Å²) in [6.45, 7) is 2.25. The van der Waals surface area contributed by atoms with Crippen LogP contribution >= 0.6 is 11.6 Å².